The zero-order valence-electron chi connectivity index (χ0n) is 12.4. The van der Waals surface area contributed by atoms with E-state index in [9.17, 15) is 9.18 Å². The number of hydrogen-bond acceptors (Lipinski definition) is 4. The molecule has 20 heavy (non-hydrogen) atoms. The minimum atomic E-state index is -0.615. The van der Waals surface area contributed by atoms with Gasteiger partial charge in [0.25, 0.3) is 5.91 Å². The van der Waals surface area contributed by atoms with Gasteiger partial charge in [0.1, 0.15) is 0 Å². The lowest BCUT2D eigenvalue weighted by atomic mass is 10.2. The number of hydrogen-bond donors (Lipinski definition) is 2. The van der Waals surface area contributed by atoms with Crippen LogP contribution in [-0.4, -0.2) is 49.0 Å². The van der Waals surface area contributed by atoms with E-state index in [-0.39, 0.29) is 11.4 Å². The summed E-state index contributed by atoms with van der Waals surface area (Å²) < 4.78 is 13.9. The third-order valence-electron chi connectivity index (χ3n) is 3.20. The quantitative estimate of drug-likeness (QED) is 0.713. The van der Waals surface area contributed by atoms with Gasteiger partial charge in [0.15, 0.2) is 11.6 Å². The fourth-order valence-electron chi connectivity index (χ4n) is 1.93. The molecule has 0 atom stereocenters. The summed E-state index contributed by atoms with van der Waals surface area (Å²) in [7, 11) is 1.57. The van der Waals surface area contributed by atoms with Crippen molar-refractivity contribution in [1.29, 1.82) is 0 Å². The average Bonchev–Trinajstić information content (AvgIpc) is 2.47. The molecule has 0 saturated heterocycles. The Balaban J connectivity index is 2.47. The summed E-state index contributed by atoms with van der Waals surface area (Å²) in [5, 5.41) is 5.35. The standard InChI is InChI=1S/C14H23FN4O/c1-4-19(5-2)10-6-8-18-14(20)11-7-9-17-13(16-3)12(11)15/h7,9H,4-6,8,10H2,1-3H3,(H,16,17)(H,18,20). The summed E-state index contributed by atoms with van der Waals surface area (Å²) in [5.41, 5.74) is 0.0205. The minimum absolute atomic E-state index is 0.0205. The second kappa shape index (κ2) is 8.47. The van der Waals surface area contributed by atoms with Gasteiger partial charge < -0.3 is 15.5 Å². The second-order valence-corrected chi connectivity index (χ2v) is 4.41. The van der Waals surface area contributed by atoms with E-state index in [1.165, 1.54) is 12.3 Å². The number of nitrogens with one attached hydrogen (secondary N) is 2. The number of nitrogens with zero attached hydrogens (tertiary/aromatic N) is 2. The molecule has 5 nitrogen and oxygen atoms in total. The van der Waals surface area contributed by atoms with E-state index in [0.29, 0.717) is 6.54 Å². The van der Waals surface area contributed by atoms with Crippen LogP contribution >= 0.6 is 0 Å². The SMILES string of the molecule is CCN(CC)CCCNC(=O)c1ccnc(NC)c1F. The Kier molecular flexibility index (Phi) is 6.93. The smallest absolute Gasteiger partial charge is 0.254 e. The van der Waals surface area contributed by atoms with Gasteiger partial charge in [-0.1, -0.05) is 13.8 Å². The molecule has 0 unspecified atom stereocenters. The highest BCUT2D eigenvalue weighted by Crippen LogP contribution is 2.14. The molecular formula is C14H23FN4O. The van der Waals surface area contributed by atoms with Crippen molar-refractivity contribution in [3.8, 4) is 0 Å². The van der Waals surface area contributed by atoms with E-state index in [1.54, 1.807) is 7.05 Å². The van der Waals surface area contributed by atoms with Gasteiger partial charge in [-0.3, -0.25) is 4.79 Å². The molecule has 0 radical (unpaired) electrons. The van der Waals surface area contributed by atoms with Crippen molar-refractivity contribution in [2.24, 2.45) is 0 Å². The maximum Gasteiger partial charge on any atom is 0.254 e. The lowest BCUT2D eigenvalue weighted by molar-refractivity contribution is 0.0947. The Morgan fingerprint density at radius 1 is 1.40 bits per heavy atom. The fraction of sp³-hybridized carbons (Fsp3) is 0.571. The Bertz CT molecular complexity index is 435. The number of aromatic nitrogens is 1. The predicted octanol–water partition coefficient (Wildman–Crippen LogP) is 1.72. The van der Waals surface area contributed by atoms with Crippen LogP contribution < -0.4 is 10.6 Å². The maximum absolute atomic E-state index is 13.9. The summed E-state index contributed by atoms with van der Waals surface area (Å²) in [5.74, 6) is -0.932. The van der Waals surface area contributed by atoms with Crippen LogP contribution in [0.4, 0.5) is 10.2 Å². The number of halogens is 1. The molecule has 1 amide bonds. The lowest BCUT2D eigenvalue weighted by Gasteiger charge is -2.17. The van der Waals surface area contributed by atoms with E-state index in [4.69, 9.17) is 0 Å². The Morgan fingerprint density at radius 3 is 2.70 bits per heavy atom. The zero-order valence-corrected chi connectivity index (χ0v) is 12.4. The maximum atomic E-state index is 13.9. The molecule has 0 aliphatic heterocycles. The van der Waals surface area contributed by atoms with E-state index in [1.807, 2.05) is 0 Å². The highest BCUT2D eigenvalue weighted by atomic mass is 19.1. The van der Waals surface area contributed by atoms with Gasteiger partial charge in [-0.05, 0) is 32.1 Å². The molecule has 0 aromatic carbocycles. The molecule has 1 aromatic rings. The first kappa shape index (κ1) is 16.4. The number of rotatable bonds is 8. The Labute approximate surface area is 119 Å². The normalized spacial score (nSPS) is 10.7. The molecule has 1 heterocycles. The summed E-state index contributed by atoms with van der Waals surface area (Å²) in [4.78, 5) is 18.0. The van der Waals surface area contributed by atoms with Crippen LogP contribution in [0.15, 0.2) is 12.3 Å². The largest absolute Gasteiger partial charge is 0.371 e. The van der Waals surface area contributed by atoms with Crippen LogP contribution in [0.3, 0.4) is 0 Å². The van der Waals surface area contributed by atoms with E-state index >= 15 is 0 Å². The molecule has 0 bridgehead atoms. The van der Waals surface area contributed by atoms with Gasteiger partial charge in [-0.2, -0.15) is 0 Å². The molecule has 0 saturated carbocycles. The fourth-order valence-corrected chi connectivity index (χ4v) is 1.93. The van der Waals surface area contributed by atoms with Gasteiger partial charge in [0, 0.05) is 19.8 Å². The van der Waals surface area contributed by atoms with Crippen LogP contribution in [0.1, 0.15) is 30.6 Å². The van der Waals surface area contributed by atoms with Crippen LogP contribution in [0.5, 0.6) is 0 Å². The predicted molar refractivity (Wildman–Crippen MR) is 78.5 cm³/mol. The third kappa shape index (κ3) is 4.45. The molecule has 0 aliphatic rings. The topological polar surface area (TPSA) is 57.3 Å². The summed E-state index contributed by atoms with van der Waals surface area (Å²) >= 11 is 0. The van der Waals surface area contributed by atoms with Crippen LogP contribution in [0, 0.1) is 5.82 Å². The number of carbonyl (C=O) groups is 1. The first-order chi connectivity index (χ1) is 9.63. The van der Waals surface area contributed by atoms with Crippen molar-refractivity contribution in [3.63, 3.8) is 0 Å². The molecule has 2 N–H and O–H groups in total. The summed E-state index contributed by atoms with van der Waals surface area (Å²) in [6.45, 7) is 7.66. The van der Waals surface area contributed by atoms with Crippen LogP contribution in [-0.2, 0) is 0 Å². The molecule has 1 aromatic heterocycles. The van der Waals surface area contributed by atoms with Gasteiger partial charge in [-0.25, -0.2) is 9.37 Å². The first-order valence-electron chi connectivity index (χ1n) is 6.96. The number of carbonyl (C=O) groups excluding carboxylic acids is 1. The average molecular weight is 282 g/mol. The first-order valence-corrected chi connectivity index (χ1v) is 6.96. The monoisotopic (exact) mass is 282 g/mol. The van der Waals surface area contributed by atoms with Crippen LogP contribution in [0.25, 0.3) is 0 Å². The number of amides is 1. The Morgan fingerprint density at radius 2 is 2.10 bits per heavy atom. The highest BCUT2D eigenvalue weighted by molar-refractivity contribution is 5.95. The number of anilines is 1. The Hall–Kier alpha value is -1.69. The van der Waals surface area contributed by atoms with Gasteiger partial charge in [-0.15, -0.1) is 0 Å². The van der Waals surface area contributed by atoms with Crippen LogP contribution in [0.2, 0.25) is 0 Å². The van der Waals surface area contributed by atoms with E-state index < -0.39 is 11.7 Å². The van der Waals surface area contributed by atoms with E-state index in [2.05, 4.69) is 34.4 Å². The van der Waals surface area contributed by atoms with Crippen molar-refractivity contribution < 1.29 is 9.18 Å². The van der Waals surface area contributed by atoms with E-state index in [0.717, 1.165) is 26.1 Å². The lowest BCUT2D eigenvalue weighted by Crippen LogP contribution is -2.30. The van der Waals surface area contributed by atoms with Crippen molar-refractivity contribution in [1.82, 2.24) is 15.2 Å². The molecule has 0 aliphatic carbocycles. The highest BCUT2D eigenvalue weighted by Gasteiger charge is 2.14. The van der Waals surface area contributed by atoms with Gasteiger partial charge >= 0.3 is 0 Å². The molecule has 6 heteroatoms. The minimum Gasteiger partial charge on any atom is -0.371 e. The summed E-state index contributed by atoms with van der Waals surface area (Å²) in [6.07, 6.45) is 2.26. The second-order valence-electron chi connectivity index (χ2n) is 4.41. The van der Waals surface area contributed by atoms with Crippen molar-refractivity contribution in [3.05, 3.63) is 23.6 Å². The molecular weight excluding hydrogens is 259 g/mol. The third-order valence-corrected chi connectivity index (χ3v) is 3.20. The van der Waals surface area contributed by atoms with Crippen molar-refractivity contribution in [2.45, 2.75) is 20.3 Å². The zero-order chi connectivity index (χ0) is 15.0. The van der Waals surface area contributed by atoms with Crippen molar-refractivity contribution >= 4 is 11.7 Å². The molecule has 0 fully saturated rings. The van der Waals surface area contributed by atoms with Gasteiger partial charge in [0.2, 0.25) is 0 Å². The number of pyridine rings is 1. The summed E-state index contributed by atoms with van der Waals surface area (Å²) in [6, 6.07) is 1.38. The molecule has 1 rings (SSSR count). The van der Waals surface area contributed by atoms with Gasteiger partial charge in [0.05, 0.1) is 5.56 Å². The molecule has 112 valence electrons. The molecule has 0 spiro atoms. The van der Waals surface area contributed by atoms with Crippen molar-refractivity contribution in [2.75, 3.05) is 38.5 Å².